The first kappa shape index (κ1) is 64.3. The number of halogens is 1. The number of ether oxygens (including phenoxy) is 2. The monoisotopic (exact) mass is 1150 g/mol. The number of pyridine rings is 2. The Morgan fingerprint density at radius 1 is 0.598 bits per heavy atom. The van der Waals surface area contributed by atoms with E-state index < -0.39 is 47.3 Å². The van der Waals surface area contributed by atoms with Gasteiger partial charge in [0.15, 0.2) is 23.0 Å². The molecule has 2 aromatic carbocycles. The van der Waals surface area contributed by atoms with Crippen LogP contribution in [0.1, 0.15) is 183 Å². The van der Waals surface area contributed by atoms with E-state index in [1.807, 2.05) is 58.9 Å². The van der Waals surface area contributed by atoms with Crippen LogP contribution in [-0.2, 0) is 22.3 Å². The highest BCUT2D eigenvalue weighted by atomic mass is 35.5. The van der Waals surface area contributed by atoms with Crippen LogP contribution < -0.4 is 34.2 Å². The van der Waals surface area contributed by atoms with Crippen molar-refractivity contribution >= 4 is 59.9 Å². The number of nitrogens with two attached hydrogens (primary N) is 3. The Labute approximate surface area is 483 Å². The Morgan fingerprint density at radius 3 is 1.33 bits per heavy atom. The molecule has 0 saturated carbocycles. The predicted molar refractivity (Wildman–Crippen MR) is 315 cm³/mol. The lowest BCUT2D eigenvalue weighted by Gasteiger charge is -2.31. The molecule has 0 radical (unpaired) electrons. The van der Waals surface area contributed by atoms with Gasteiger partial charge in [0, 0.05) is 47.7 Å². The molecule has 12 N–H and O–H groups in total. The maximum Gasteiger partial charge on any atom is 0.410 e. The SMILES string of the molecule is CCc1ccnc(NC(=O)c2ccc(-c3nc(C4CCCCCN4C(=O)OC(C)(C)C)n(N)c3C(=O)O)cc2)c1.CCc1ccnc(NC(=O)c2ccc(-c3nc(C4CCCCCN4C(=O)OC(C)(C)C)n(N)c3C(N)=O)cc2)c1.Cl.N. The second-order valence-electron chi connectivity index (χ2n) is 21.7. The number of hydrogen-bond donors (Lipinski definition) is 7. The van der Waals surface area contributed by atoms with Crippen LogP contribution in [-0.4, -0.2) is 104 Å². The predicted octanol–water partition coefficient (Wildman–Crippen LogP) is 10.0. The van der Waals surface area contributed by atoms with Gasteiger partial charge < -0.3 is 48.8 Å². The van der Waals surface area contributed by atoms with Gasteiger partial charge in [-0.15, -0.1) is 12.4 Å². The minimum atomic E-state index is -1.25. The van der Waals surface area contributed by atoms with Gasteiger partial charge in [-0.1, -0.05) is 63.8 Å². The molecule has 4 aromatic heterocycles. The molecule has 2 aliphatic heterocycles. The van der Waals surface area contributed by atoms with Crippen molar-refractivity contribution in [3.8, 4) is 22.5 Å². The zero-order chi connectivity index (χ0) is 58.1. The van der Waals surface area contributed by atoms with Crippen molar-refractivity contribution in [3.05, 3.63) is 130 Å². The first-order chi connectivity index (χ1) is 38.0. The smallest absolute Gasteiger partial charge is 0.410 e. The highest BCUT2D eigenvalue weighted by molar-refractivity contribution is 6.05. The number of carbonyl (C=O) groups excluding carboxylic acids is 5. The van der Waals surface area contributed by atoms with E-state index in [0.29, 0.717) is 65.6 Å². The van der Waals surface area contributed by atoms with E-state index in [2.05, 4.69) is 25.6 Å². The Morgan fingerprint density at radius 2 is 0.976 bits per heavy atom. The largest absolute Gasteiger partial charge is 0.476 e. The highest BCUT2D eigenvalue weighted by Gasteiger charge is 2.37. The van der Waals surface area contributed by atoms with Crippen LogP contribution in [0.4, 0.5) is 21.2 Å². The number of likely N-dealkylation sites (tertiary alicyclic amines) is 2. The molecule has 6 aromatic rings. The summed E-state index contributed by atoms with van der Waals surface area (Å²) in [6.45, 7) is 15.8. The van der Waals surface area contributed by atoms with Crippen molar-refractivity contribution in [1.82, 2.24) is 45.2 Å². The minimum absolute atomic E-state index is 0. The number of carbonyl (C=O) groups is 6. The highest BCUT2D eigenvalue weighted by Crippen LogP contribution is 2.36. The van der Waals surface area contributed by atoms with Gasteiger partial charge in [-0.3, -0.25) is 24.2 Å². The molecule has 24 heteroatoms. The van der Waals surface area contributed by atoms with Crippen LogP contribution in [0, 0.1) is 0 Å². The Hall–Kier alpha value is -8.57. The zero-order valence-corrected chi connectivity index (χ0v) is 48.7. The van der Waals surface area contributed by atoms with Gasteiger partial charge in [-0.05, 0) is 140 Å². The lowest BCUT2D eigenvalue weighted by atomic mass is 10.1. The third-order valence-electron chi connectivity index (χ3n) is 13.5. The standard InChI is InChI=1S/C29H37N7O4.C29H36N6O5.ClH.H3N/c1-5-18-14-15-32-22(17-18)33-27(38)20-12-10-19(11-13-20)23-24(25(30)37)36(31)26(34-23)21-9-7-6-8-16-35(21)28(39)40-29(2,3)4;1-5-18-14-15-31-22(17-18)32-26(36)20-12-10-19(11-13-20)23-24(27(37)38)35(30)25(33-23)21-9-7-6-8-16-34(21)28(39)40-29(2,3)4;;/h10-15,17,21H,5-9,16,31H2,1-4H3,(H2,30,37)(H,32,33,38);10-15,17,21H,5-9,16,30H2,1-4H3,(H,37,38)(H,31,32,36);1H;1H3. The fraction of sp³-hybridized carbons (Fsp3) is 0.414. The molecule has 8 rings (SSSR count). The molecule has 2 unspecified atom stereocenters. The van der Waals surface area contributed by atoms with Gasteiger partial charge in [-0.25, -0.2) is 43.7 Å². The topological polar surface area (TPSA) is 346 Å². The molecule has 2 aliphatic rings. The third-order valence-corrected chi connectivity index (χ3v) is 13.5. The van der Waals surface area contributed by atoms with Gasteiger partial charge in [0.2, 0.25) is 0 Å². The fourth-order valence-corrected chi connectivity index (χ4v) is 9.51. The summed E-state index contributed by atoms with van der Waals surface area (Å²) in [6.07, 6.45) is 10.3. The number of carboxylic acid groups (broad SMARTS) is 1. The first-order valence-electron chi connectivity index (χ1n) is 27.0. The van der Waals surface area contributed by atoms with E-state index in [0.717, 1.165) is 67.2 Å². The molecule has 6 heterocycles. The molecule has 82 heavy (non-hydrogen) atoms. The van der Waals surface area contributed by atoms with Gasteiger partial charge in [-0.2, -0.15) is 0 Å². The number of primary amides is 1. The number of aryl methyl sites for hydroxylation is 2. The molecular weight excluding hydrogens is 1070 g/mol. The molecule has 0 bridgehead atoms. The quantitative estimate of drug-likeness (QED) is 0.0560. The van der Waals surface area contributed by atoms with Crippen LogP contribution in [0.2, 0.25) is 0 Å². The average molecular weight is 1150 g/mol. The van der Waals surface area contributed by atoms with Crippen LogP contribution in [0.3, 0.4) is 0 Å². The maximum atomic E-state index is 13.1. The number of nitrogens with zero attached hydrogens (tertiary/aromatic N) is 8. The van der Waals surface area contributed by atoms with E-state index in [1.54, 1.807) is 91.5 Å². The summed E-state index contributed by atoms with van der Waals surface area (Å²) in [5.41, 5.74) is 8.54. The number of benzene rings is 2. The summed E-state index contributed by atoms with van der Waals surface area (Å²) in [5, 5.41) is 15.6. The van der Waals surface area contributed by atoms with Crippen LogP contribution >= 0.6 is 12.4 Å². The van der Waals surface area contributed by atoms with E-state index in [9.17, 15) is 33.9 Å². The number of rotatable bonds is 12. The molecule has 23 nitrogen and oxygen atoms in total. The summed E-state index contributed by atoms with van der Waals surface area (Å²) >= 11 is 0. The normalized spacial score (nSPS) is 15.4. The minimum Gasteiger partial charge on any atom is -0.476 e. The third kappa shape index (κ3) is 15.9. The van der Waals surface area contributed by atoms with Crippen molar-refractivity contribution < 1.29 is 43.3 Å². The van der Waals surface area contributed by atoms with E-state index in [-0.39, 0.29) is 59.0 Å². The van der Waals surface area contributed by atoms with Gasteiger partial charge in [0.1, 0.15) is 34.2 Å². The van der Waals surface area contributed by atoms with E-state index >= 15 is 0 Å². The summed E-state index contributed by atoms with van der Waals surface area (Å²) in [4.78, 5) is 97.6. The van der Waals surface area contributed by atoms with Crippen LogP contribution in [0.25, 0.3) is 22.5 Å². The number of nitrogens with one attached hydrogen (secondary N) is 2. The number of aromatic carboxylic acids is 1. The zero-order valence-electron chi connectivity index (χ0n) is 47.9. The number of nitrogen functional groups attached to an aromatic ring is 2. The maximum absolute atomic E-state index is 13.1. The Kier molecular flexibility index (Phi) is 21.7. The Bertz CT molecular complexity index is 3010. The molecule has 2 saturated heterocycles. The lowest BCUT2D eigenvalue weighted by molar-refractivity contribution is 0.0143. The average Bonchev–Trinajstić information content (AvgIpc) is 3.85. The Balaban J connectivity index is 0.000000293. The van der Waals surface area contributed by atoms with Crippen molar-refractivity contribution in [1.29, 1.82) is 0 Å². The number of anilines is 2. The summed E-state index contributed by atoms with van der Waals surface area (Å²) < 4.78 is 13.5. The molecule has 440 valence electrons. The second-order valence-corrected chi connectivity index (χ2v) is 21.7. The molecule has 5 amide bonds. The molecular formula is C58H77ClN14O9. The van der Waals surface area contributed by atoms with E-state index in [1.165, 1.54) is 4.68 Å². The van der Waals surface area contributed by atoms with Gasteiger partial charge in [0.05, 0.1) is 12.1 Å². The van der Waals surface area contributed by atoms with Crippen LogP contribution in [0.15, 0.2) is 85.2 Å². The first-order valence-corrected chi connectivity index (χ1v) is 27.0. The van der Waals surface area contributed by atoms with Gasteiger partial charge in [0.25, 0.3) is 17.7 Å². The molecule has 0 aliphatic carbocycles. The van der Waals surface area contributed by atoms with Gasteiger partial charge >= 0.3 is 18.2 Å². The summed E-state index contributed by atoms with van der Waals surface area (Å²) in [7, 11) is 0. The molecule has 0 spiro atoms. The fourth-order valence-electron chi connectivity index (χ4n) is 9.51. The number of carboxylic acids is 1. The summed E-state index contributed by atoms with van der Waals surface area (Å²) in [6, 6.07) is 19.4. The summed E-state index contributed by atoms with van der Waals surface area (Å²) in [5.74, 6) is 11.6. The van der Waals surface area contributed by atoms with Crippen molar-refractivity contribution in [3.63, 3.8) is 0 Å². The second kappa shape index (κ2) is 27.7. The molecule has 2 atom stereocenters. The number of aromatic nitrogens is 6. The van der Waals surface area contributed by atoms with Crippen LogP contribution in [0.5, 0.6) is 0 Å². The van der Waals surface area contributed by atoms with Crippen molar-refractivity contribution in [2.45, 2.75) is 143 Å². The van der Waals surface area contributed by atoms with Crippen molar-refractivity contribution in [2.75, 3.05) is 35.4 Å². The number of amides is 5. The number of imidazole rings is 2. The van der Waals surface area contributed by atoms with E-state index in [4.69, 9.17) is 31.9 Å². The lowest BCUT2D eigenvalue weighted by Crippen LogP contribution is -2.40. The van der Waals surface area contributed by atoms with Crippen molar-refractivity contribution in [2.24, 2.45) is 5.73 Å². The molecule has 2 fully saturated rings. The number of hydrogen-bond acceptors (Lipinski definition) is 15.